The molecule has 0 saturated carbocycles. The van der Waals surface area contributed by atoms with Crippen LogP contribution in [0.4, 0.5) is 0 Å². The van der Waals surface area contributed by atoms with E-state index in [1.165, 1.54) is 0 Å². The van der Waals surface area contributed by atoms with Crippen molar-refractivity contribution in [3.05, 3.63) is 30.1 Å². The molecule has 0 atom stereocenters. The van der Waals surface area contributed by atoms with Crippen molar-refractivity contribution >= 4 is 31.1 Å². The number of hydrogen-bond acceptors (Lipinski definition) is 5. The van der Waals surface area contributed by atoms with Crippen LogP contribution in [0.2, 0.25) is 18.1 Å². The van der Waals surface area contributed by atoms with Gasteiger partial charge in [0.25, 0.3) is 5.78 Å². The van der Waals surface area contributed by atoms with Crippen LogP contribution in [0.3, 0.4) is 0 Å². The number of ether oxygens (including phenoxy) is 1. The molecule has 0 bridgehead atoms. The van der Waals surface area contributed by atoms with E-state index in [1.54, 1.807) is 31.5 Å². The molecule has 6 nitrogen and oxygen atoms in total. The summed E-state index contributed by atoms with van der Waals surface area (Å²) in [4.78, 5) is 28.6. The van der Waals surface area contributed by atoms with Crippen LogP contribution in [0.1, 0.15) is 44.5 Å². The van der Waals surface area contributed by atoms with E-state index in [-0.39, 0.29) is 11.6 Å². The van der Waals surface area contributed by atoms with Crippen molar-refractivity contribution in [3.8, 4) is 0 Å². The van der Waals surface area contributed by atoms with E-state index >= 15 is 0 Å². The van der Waals surface area contributed by atoms with E-state index < -0.39 is 20.1 Å². The summed E-state index contributed by atoms with van der Waals surface area (Å²) in [5.41, 5.74) is 1.03. The van der Waals surface area contributed by atoms with Crippen LogP contribution in [-0.2, 0) is 20.5 Å². The molecule has 0 unspecified atom stereocenters. The Kier molecular flexibility index (Phi) is 6.59. The average molecular weight is 391 g/mol. The Morgan fingerprint density at radius 2 is 1.96 bits per heavy atom. The van der Waals surface area contributed by atoms with Crippen LogP contribution in [0.25, 0.3) is 11.0 Å². The normalized spacial score (nSPS) is 12.4. The second-order valence-corrected chi connectivity index (χ2v) is 12.9. The first-order chi connectivity index (χ1) is 12.6. The Balaban J connectivity index is 2.13. The predicted molar refractivity (Wildman–Crippen MR) is 108 cm³/mol. The summed E-state index contributed by atoms with van der Waals surface area (Å²) in [5.74, 6) is -1.47. The van der Waals surface area contributed by atoms with Crippen molar-refractivity contribution < 1.29 is 18.8 Å². The molecule has 2 heterocycles. The molecule has 0 spiro atoms. The number of ketones is 1. The zero-order chi connectivity index (χ0) is 20.2. The third-order valence-corrected chi connectivity index (χ3v) is 9.69. The second-order valence-electron chi connectivity index (χ2n) is 8.12. The maximum absolute atomic E-state index is 12.4. The van der Waals surface area contributed by atoms with Crippen molar-refractivity contribution in [2.24, 2.45) is 0 Å². The summed E-state index contributed by atoms with van der Waals surface area (Å²) in [6.45, 7) is 14.3. The monoisotopic (exact) mass is 390 g/mol. The van der Waals surface area contributed by atoms with E-state index in [0.29, 0.717) is 29.7 Å². The summed E-state index contributed by atoms with van der Waals surface area (Å²) in [6, 6.07) is 3.56. The number of aryl methyl sites for hydroxylation is 1. The minimum Gasteiger partial charge on any atom is -0.460 e. The summed E-state index contributed by atoms with van der Waals surface area (Å²) in [6.07, 6.45) is 4.19. The highest BCUT2D eigenvalue weighted by molar-refractivity contribution is 6.74. The van der Waals surface area contributed by atoms with Gasteiger partial charge >= 0.3 is 5.97 Å². The lowest BCUT2D eigenvalue weighted by atomic mass is 10.1. The van der Waals surface area contributed by atoms with E-state index in [9.17, 15) is 9.59 Å². The molecule has 0 fully saturated rings. The predicted octanol–water partition coefficient (Wildman–Crippen LogP) is 4.19. The fourth-order valence-electron chi connectivity index (χ4n) is 2.56. The van der Waals surface area contributed by atoms with Gasteiger partial charge in [-0.15, -0.1) is 0 Å². The van der Waals surface area contributed by atoms with E-state index in [4.69, 9.17) is 9.16 Å². The van der Waals surface area contributed by atoms with Gasteiger partial charge in [-0.05, 0) is 43.6 Å². The number of pyridine rings is 1. The Labute approximate surface area is 162 Å². The van der Waals surface area contributed by atoms with Crippen LogP contribution in [0, 0.1) is 0 Å². The Hall–Kier alpha value is -1.99. The third-order valence-electron chi connectivity index (χ3n) is 5.15. The number of Topliss-reactive ketones (excluding diaryl/α,β-unsaturated/α-hetero) is 1. The SMILES string of the molecule is CCOC(=O)C(=O)c1cn(CCCO[Si](C)(C)C(C)(C)C)c2ncccc12. The molecule has 7 heteroatoms. The average Bonchev–Trinajstić information content (AvgIpc) is 2.96. The van der Waals surface area contributed by atoms with Crippen molar-refractivity contribution in [2.45, 2.75) is 58.8 Å². The number of nitrogens with zero attached hydrogens (tertiary/aromatic N) is 2. The van der Waals surface area contributed by atoms with Gasteiger partial charge in [0.2, 0.25) is 0 Å². The van der Waals surface area contributed by atoms with Crippen molar-refractivity contribution in [1.82, 2.24) is 9.55 Å². The molecule has 0 aliphatic carbocycles. The molecule has 0 amide bonds. The number of fused-ring (bicyclic) bond motifs is 1. The minimum absolute atomic E-state index is 0.173. The number of hydrogen-bond donors (Lipinski definition) is 0. The van der Waals surface area contributed by atoms with Gasteiger partial charge in [0.15, 0.2) is 8.32 Å². The first-order valence-corrected chi connectivity index (χ1v) is 12.3. The van der Waals surface area contributed by atoms with Crippen molar-refractivity contribution in [1.29, 1.82) is 0 Å². The summed E-state index contributed by atoms with van der Waals surface area (Å²) in [7, 11) is -1.77. The van der Waals surface area contributed by atoms with Gasteiger partial charge in [-0.1, -0.05) is 20.8 Å². The standard InChI is InChI=1S/C20H30N2O4Si/c1-7-25-19(24)17(23)16-14-22(18-15(16)10-8-11-21-18)12-9-13-26-27(5,6)20(2,3)4/h8,10-11,14H,7,9,12-13H2,1-6H3. The first kappa shape index (κ1) is 21.3. The molecule has 0 N–H and O–H groups in total. The highest BCUT2D eigenvalue weighted by Crippen LogP contribution is 2.36. The zero-order valence-corrected chi connectivity index (χ0v) is 18.2. The molecular weight excluding hydrogens is 360 g/mol. The largest absolute Gasteiger partial charge is 0.460 e. The minimum atomic E-state index is -1.77. The maximum atomic E-state index is 12.4. The van der Waals surface area contributed by atoms with Gasteiger partial charge in [0.1, 0.15) is 5.65 Å². The van der Waals surface area contributed by atoms with E-state index in [2.05, 4.69) is 38.8 Å². The molecule has 2 aromatic rings. The zero-order valence-electron chi connectivity index (χ0n) is 17.2. The summed E-state index contributed by atoms with van der Waals surface area (Å²) < 4.78 is 13.0. The quantitative estimate of drug-likeness (QED) is 0.222. The molecule has 0 aromatic carbocycles. The maximum Gasteiger partial charge on any atom is 0.379 e. The van der Waals surface area contributed by atoms with Crippen LogP contribution < -0.4 is 0 Å². The fourth-order valence-corrected chi connectivity index (χ4v) is 3.65. The van der Waals surface area contributed by atoms with Gasteiger partial charge in [-0.2, -0.15) is 0 Å². The summed E-state index contributed by atoms with van der Waals surface area (Å²) in [5, 5.41) is 0.842. The second kappa shape index (κ2) is 8.35. The van der Waals surface area contributed by atoms with Crippen molar-refractivity contribution in [2.75, 3.05) is 13.2 Å². The molecular formula is C20H30N2O4Si. The Morgan fingerprint density at radius 3 is 2.59 bits per heavy atom. The summed E-state index contributed by atoms with van der Waals surface area (Å²) >= 11 is 0. The molecule has 0 aliphatic heterocycles. The highest BCUT2D eigenvalue weighted by atomic mass is 28.4. The number of carbonyl (C=O) groups excluding carboxylic acids is 2. The smallest absolute Gasteiger partial charge is 0.379 e. The van der Waals surface area contributed by atoms with Gasteiger partial charge in [0.05, 0.1) is 12.2 Å². The molecule has 2 rings (SSSR count). The van der Waals surface area contributed by atoms with E-state index in [1.807, 2.05) is 4.57 Å². The van der Waals surface area contributed by atoms with Crippen LogP contribution >= 0.6 is 0 Å². The topological polar surface area (TPSA) is 70.4 Å². The Bertz CT molecular complexity index is 821. The van der Waals surface area contributed by atoms with Gasteiger partial charge in [-0.25, -0.2) is 9.78 Å². The lowest BCUT2D eigenvalue weighted by Crippen LogP contribution is -2.41. The van der Waals surface area contributed by atoms with Gasteiger partial charge in [-0.3, -0.25) is 4.79 Å². The third kappa shape index (κ3) is 4.84. The van der Waals surface area contributed by atoms with Crippen molar-refractivity contribution in [3.63, 3.8) is 0 Å². The van der Waals surface area contributed by atoms with Crippen LogP contribution in [0.5, 0.6) is 0 Å². The lowest BCUT2D eigenvalue weighted by Gasteiger charge is -2.36. The fraction of sp³-hybridized carbons (Fsp3) is 0.550. The number of rotatable bonds is 8. The van der Waals surface area contributed by atoms with E-state index in [0.717, 1.165) is 6.42 Å². The molecule has 27 heavy (non-hydrogen) atoms. The van der Waals surface area contributed by atoms with Crippen LogP contribution in [0.15, 0.2) is 24.5 Å². The lowest BCUT2D eigenvalue weighted by molar-refractivity contribution is -0.137. The molecule has 0 aliphatic rings. The number of carbonyl (C=O) groups is 2. The van der Waals surface area contributed by atoms with Gasteiger partial charge in [0, 0.05) is 30.9 Å². The molecule has 2 aromatic heterocycles. The highest BCUT2D eigenvalue weighted by Gasteiger charge is 2.36. The molecule has 0 radical (unpaired) electrons. The molecule has 148 valence electrons. The Morgan fingerprint density at radius 1 is 1.26 bits per heavy atom. The van der Waals surface area contributed by atoms with Gasteiger partial charge < -0.3 is 13.7 Å². The van der Waals surface area contributed by atoms with Crippen LogP contribution in [-0.4, -0.2) is 42.8 Å². The number of esters is 1. The number of aromatic nitrogens is 2. The first-order valence-electron chi connectivity index (χ1n) is 9.37. The molecule has 0 saturated heterocycles.